The highest BCUT2D eigenvalue weighted by Gasteiger charge is 2.41. The number of hydroxylamine groups is 2. The van der Waals surface area contributed by atoms with Crippen molar-refractivity contribution in [3.05, 3.63) is 22.4 Å². The minimum Gasteiger partial charge on any atom is -0.310 e. The molecule has 0 saturated heterocycles. The zero-order chi connectivity index (χ0) is 20.1. The summed E-state index contributed by atoms with van der Waals surface area (Å²) in [7, 11) is 2.97. The third kappa shape index (κ3) is 3.19. The average Bonchev–Trinajstić information content (AvgIpc) is 3.04. The largest absolute Gasteiger partial charge is 0.310 e. The van der Waals surface area contributed by atoms with E-state index in [2.05, 4.69) is 15.1 Å². The maximum atomic E-state index is 13.5. The smallest absolute Gasteiger partial charge is 0.262 e. The molecule has 1 amide bonds. The molecule has 2 aliphatic rings. The molecule has 8 nitrogen and oxygen atoms in total. The van der Waals surface area contributed by atoms with Crippen LogP contribution in [0.2, 0.25) is 0 Å². The monoisotopic (exact) mass is 395 g/mol. The summed E-state index contributed by atoms with van der Waals surface area (Å²) in [6.45, 7) is 0. The standard InChI is InChI=1S/C18H23F2N5O3/c1-24(28-2)17(27)12-4-3-11(12)14-22-15-13(16(26)23-14)9-21-25(15)10-5-7-18(19,20)8-6-10/h9-12H,3-8H2,1-2H3,(H,22,23,26). The number of fused-ring (bicyclic) bond motifs is 1. The molecule has 2 atom stereocenters. The highest BCUT2D eigenvalue weighted by Crippen LogP contribution is 2.42. The first-order chi connectivity index (χ1) is 13.3. The highest BCUT2D eigenvalue weighted by molar-refractivity contribution is 5.80. The normalized spacial score (nSPS) is 24.9. The van der Waals surface area contributed by atoms with Gasteiger partial charge in [-0.1, -0.05) is 0 Å². The molecule has 2 aromatic heterocycles. The van der Waals surface area contributed by atoms with E-state index in [4.69, 9.17) is 4.84 Å². The molecule has 4 rings (SSSR count). The molecule has 0 aliphatic heterocycles. The number of nitrogens with zero attached hydrogens (tertiary/aromatic N) is 4. The van der Waals surface area contributed by atoms with E-state index in [0.717, 1.165) is 6.42 Å². The Bertz CT molecular complexity index is 946. The molecule has 0 radical (unpaired) electrons. The van der Waals surface area contributed by atoms with Crippen molar-refractivity contribution in [1.29, 1.82) is 0 Å². The number of halogens is 2. The summed E-state index contributed by atoms with van der Waals surface area (Å²) in [4.78, 5) is 37.3. The zero-order valence-corrected chi connectivity index (χ0v) is 15.8. The van der Waals surface area contributed by atoms with Gasteiger partial charge in [-0.05, 0) is 25.7 Å². The van der Waals surface area contributed by atoms with Gasteiger partial charge in [-0.3, -0.25) is 14.4 Å². The second-order valence-electron chi connectivity index (χ2n) is 7.67. The summed E-state index contributed by atoms with van der Waals surface area (Å²) in [6.07, 6.45) is 3.03. The SMILES string of the molecule is CON(C)C(=O)C1CCC1c1nc2c(cnn2C2CCC(F)(F)CC2)c(=O)[nH]1. The molecule has 2 aromatic rings. The summed E-state index contributed by atoms with van der Waals surface area (Å²) in [5.74, 6) is -2.88. The van der Waals surface area contributed by atoms with Crippen LogP contribution >= 0.6 is 0 Å². The molecule has 2 heterocycles. The zero-order valence-electron chi connectivity index (χ0n) is 15.8. The maximum absolute atomic E-state index is 13.5. The van der Waals surface area contributed by atoms with E-state index in [9.17, 15) is 18.4 Å². The van der Waals surface area contributed by atoms with Crippen LogP contribution in [0.15, 0.2) is 11.0 Å². The fourth-order valence-corrected chi connectivity index (χ4v) is 4.11. The van der Waals surface area contributed by atoms with Crippen molar-refractivity contribution in [3.63, 3.8) is 0 Å². The lowest BCUT2D eigenvalue weighted by Crippen LogP contribution is -2.41. The van der Waals surface area contributed by atoms with Gasteiger partial charge in [0.1, 0.15) is 11.2 Å². The van der Waals surface area contributed by atoms with Gasteiger partial charge < -0.3 is 4.98 Å². The minimum atomic E-state index is -2.64. The summed E-state index contributed by atoms with van der Waals surface area (Å²) in [5, 5.41) is 5.77. The van der Waals surface area contributed by atoms with Crippen LogP contribution < -0.4 is 5.56 Å². The topological polar surface area (TPSA) is 93.1 Å². The van der Waals surface area contributed by atoms with E-state index in [1.165, 1.54) is 18.4 Å². The molecule has 2 fully saturated rings. The van der Waals surface area contributed by atoms with Crippen LogP contribution in [0.1, 0.15) is 56.3 Å². The number of aromatic amines is 1. The molecule has 2 aliphatic carbocycles. The predicted molar refractivity (Wildman–Crippen MR) is 95.8 cm³/mol. The van der Waals surface area contributed by atoms with Crippen LogP contribution in [0, 0.1) is 5.92 Å². The van der Waals surface area contributed by atoms with Crippen molar-refractivity contribution in [1.82, 2.24) is 24.8 Å². The highest BCUT2D eigenvalue weighted by atomic mass is 19.3. The third-order valence-electron chi connectivity index (χ3n) is 6.04. The van der Waals surface area contributed by atoms with Gasteiger partial charge in [0, 0.05) is 25.8 Å². The number of alkyl halides is 2. The molecule has 0 aromatic carbocycles. The number of H-pyrrole nitrogens is 1. The van der Waals surface area contributed by atoms with Crippen LogP contribution in [0.5, 0.6) is 0 Å². The number of carbonyl (C=O) groups is 1. The van der Waals surface area contributed by atoms with Gasteiger partial charge in [-0.15, -0.1) is 0 Å². The number of hydrogen-bond acceptors (Lipinski definition) is 5. The molecule has 2 unspecified atom stereocenters. The van der Waals surface area contributed by atoms with Crippen molar-refractivity contribution in [3.8, 4) is 0 Å². The predicted octanol–water partition coefficient (Wildman–Crippen LogP) is 2.38. The lowest BCUT2D eigenvalue weighted by atomic mass is 9.72. The van der Waals surface area contributed by atoms with Crippen molar-refractivity contribution in [2.24, 2.45) is 5.92 Å². The number of amides is 1. The van der Waals surface area contributed by atoms with Crippen molar-refractivity contribution >= 4 is 16.9 Å². The Labute approximate surface area is 159 Å². The Morgan fingerprint density at radius 3 is 2.64 bits per heavy atom. The number of rotatable bonds is 4. The summed E-state index contributed by atoms with van der Waals surface area (Å²) in [5.41, 5.74) is 0.0674. The molecule has 0 bridgehead atoms. The molecule has 0 spiro atoms. The van der Waals surface area contributed by atoms with Crippen LogP contribution in [-0.4, -0.2) is 50.8 Å². The van der Waals surface area contributed by atoms with Crippen molar-refractivity contribution in [2.45, 2.75) is 56.4 Å². The van der Waals surface area contributed by atoms with Crippen LogP contribution in [0.25, 0.3) is 11.0 Å². The molecule has 28 heavy (non-hydrogen) atoms. The Balaban J connectivity index is 1.65. The van der Waals surface area contributed by atoms with Gasteiger partial charge in [-0.25, -0.2) is 23.5 Å². The average molecular weight is 395 g/mol. The van der Waals surface area contributed by atoms with Gasteiger partial charge >= 0.3 is 0 Å². The molecular formula is C18H23F2N5O3. The first-order valence-corrected chi connectivity index (χ1v) is 9.47. The van der Waals surface area contributed by atoms with E-state index in [1.54, 1.807) is 11.7 Å². The van der Waals surface area contributed by atoms with Gasteiger partial charge in [0.15, 0.2) is 5.65 Å². The quantitative estimate of drug-likeness (QED) is 0.803. The third-order valence-corrected chi connectivity index (χ3v) is 6.04. The lowest BCUT2D eigenvalue weighted by Gasteiger charge is -2.36. The van der Waals surface area contributed by atoms with Gasteiger partial charge in [0.25, 0.3) is 5.56 Å². The molecule has 1 N–H and O–H groups in total. The van der Waals surface area contributed by atoms with E-state index in [-0.39, 0.29) is 55.0 Å². The summed E-state index contributed by atoms with van der Waals surface area (Å²) >= 11 is 0. The van der Waals surface area contributed by atoms with Gasteiger partial charge in [0.2, 0.25) is 11.8 Å². The fourth-order valence-electron chi connectivity index (χ4n) is 4.11. The van der Waals surface area contributed by atoms with Crippen LogP contribution in [0.4, 0.5) is 8.78 Å². The van der Waals surface area contributed by atoms with Crippen molar-refractivity contribution < 1.29 is 18.4 Å². The van der Waals surface area contributed by atoms with Crippen LogP contribution in [0.3, 0.4) is 0 Å². The lowest BCUT2D eigenvalue weighted by molar-refractivity contribution is -0.177. The molecule has 152 valence electrons. The minimum absolute atomic E-state index is 0.162. The van der Waals surface area contributed by atoms with E-state index < -0.39 is 5.92 Å². The molecular weight excluding hydrogens is 372 g/mol. The van der Waals surface area contributed by atoms with E-state index >= 15 is 0 Å². The summed E-state index contributed by atoms with van der Waals surface area (Å²) < 4.78 is 28.6. The fraction of sp³-hybridized carbons (Fsp3) is 0.667. The Morgan fingerprint density at radius 1 is 1.32 bits per heavy atom. The van der Waals surface area contributed by atoms with E-state index in [1.807, 2.05) is 0 Å². The van der Waals surface area contributed by atoms with Gasteiger partial charge in [-0.2, -0.15) is 5.10 Å². The first kappa shape index (κ1) is 19.0. The number of carbonyl (C=O) groups excluding carboxylic acids is 1. The Kier molecular flexibility index (Phi) is 4.68. The number of hydrogen-bond donors (Lipinski definition) is 1. The molecule has 10 heteroatoms. The summed E-state index contributed by atoms with van der Waals surface area (Å²) in [6, 6.07) is -0.210. The second-order valence-corrected chi connectivity index (χ2v) is 7.67. The number of aromatic nitrogens is 4. The first-order valence-electron chi connectivity index (χ1n) is 9.47. The second kappa shape index (κ2) is 6.91. The Hall–Kier alpha value is -2.36. The maximum Gasteiger partial charge on any atom is 0.262 e. The van der Waals surface area contributed by atoms with E-state index in [0.29, 0.717) is 23.3 Å². The Morgan fingerprint density at radius 2 is 2.04 bits per heavy atom. The number of nitrogens with one attached hydrogen (secondary N) is 1. The molecule has 2 saturated carbocycles. The van der Waals surface area contributed by atoms with Crippen molar-refractivity contribution in [2.75, 3.05) is 14.2 Å². The van der Waals surface area contributed by atoms with Gasteiger partial charge in [0.05, 0.1) is 25.3 Å². The van der Waals surface area contributed by atoms with Crippen LogP contribution in [-0.2, 0) is 9.63 Å².